The molecule has 0 aliphatic rings. The van der Waals surface area contributed by atoms with Crippen LogP contribution in [0.3, 0.4) is 0 Å². The highest BCUT2D eigenvalue weighted by Gasteiger charge is 2.07. The summed E-state index contributed by atoms with van der Waals surface area (Å²) in [5.41, 5.74) is 1.59. The van der Waals surface area contributed by atoms with Gasteiger partial charge in [-0.3, -0.25) is 0 Å². The molecule has 3 aromatic rings. The molecule has 0 unspecified atom stereocenters. The molecule has 1 nitrogen and oxygen atoms in total. The van der Waals surface area contributed by atoms with Crippen LogP contribution in [-0.2, 0) is 6.54 Å². The quantitative estimate of drug-likeness (QED) is 0.617. The smallest absolute Gasteiger partial charge is 0.128 e. The first-order valence-electron chi connectivity index (χ1n) is 5.82. The van der Waals surface area contributed by atoms with Crippen LogP contribution in [0.5, 0.6) is 0 Å². The molecule has 0 aliphatic heterocycles. The van der Waals surface area contributed by atoms with E-state index in [0.717, 1.165) is 10.9 Å². The number of hydrogen-bond acceptors (Lipinski definition) is 0. The van der Waals surface area contributed by atoms with Crippen molar-refractivity contribution in [1.82, 2.24) is 4.57 Å². The Morgan fingerprint density at radius 3 is 2.53 bits per heavy atom. The molecule has 19 heavy (non-hydrogen) atoms. The van der Waals surface area contributed by atoms with Crippen molar-refractivity contribution in [2.24, 2.45) is 0 Å². The Labute approximate surface area is 120 Å². The standard InChI is InChI=1S/C15H10Cl2FN/c16-12-1-3-14(18)11(8-12)9-19-6-5-10-7-13(17)2-4-15(10)19/h1-8H,9H2. The third kappa shape index (κ3) is 2.46. The highest BCUT2D eigenvalue weighted by atomic mass is 35.5. The second kappa shape index (κ2) is 4.87. The third-order valence-electron chi connectivity index (χ3n) is 3.08. The zero-order valence-electron chi connectivity index (χ0n) is 9.91. The van der Waals surface area contributed by atoms with Gasteiger partial charge in [0.15, 0.2) is 0 Å². The van der Waals surface area contributed by atoms with Gasteiger partial charge in [-0.25, -0.2) is 4.39 Å². The predicted octanol–water partition coefficient (Wildman–Crippen LogP) is 5.14. The van der Waals surface area contributed by atoms with Crippen molar-refractivity contribution in [3.05, 3.63) is 70.1 Å². The Morgan fingerprint density at radius 2 is 1.68 bits per heavy atom. The maximum absolute atomic E-state index is 13.7. The molecule has 3 rings (SSSR count). The van der Waals surface area contributed by atoms with E-state index in [1.54, 1.807) is 12.1 Å². The zero-order chi connectivity index (χ0) is 13.4. The number of rotatable bonds is 2. The van der Waals surface area contributed by atoms with Crippen LogP contribution >= 0.6 is 23.2 Å². The van der Waals surface area contributed by atoms with E-state index in [1.165, 1.54) is 6.07 Å². The van der Waals surface area contributed by atoms with Gasteiger partial charge < -0.3 is 4.57 Å². The number of fused-ring (bicyclic) bond motifs is 1. The molecule has 0 saturated carbocycles. The first-order valence-corrected chi connectivity index (χ1v) is 6.57. The predicted molar refractivity (Wildman–Crippen MR) is 77.5 cm³/mol. The molecule has 0 aliphatic carbocycles. The maximum atomic E-state index is 13.7. The van der Waals surface area contributed by atoms with Crippen molar-refractivity contribution >= 4 is 34.1 Å². The van der Waals surface area contributed by atoms with Crippen molar-refractivity contribution in [3.8, 4) is 0 Å². The van der Waals surface area contributed by atoms with E-state index in [-0.39, 0.29) is 5.82 Å². The van der Waals surface area contributed by atoms with Crippen LogP contribution in [0.25, 0.3) is 10.9 Å². The number of nitrogens with zero attached hydrogens (tertiary/aromatic N) is 1. The number of halogens is 3. The lowest BCUT2D eigenvalue weighted by molar-refractivity contribution is 0.602. The lowest BCUT2D eigenvalue weighted by Crippen LogP contribution is -2.00. The minimum atomic E-state index is -0.250. The lowest BCUT2D eigenvalue weighted by atomic mass is 10.2. The fourth-order valence-electron chi connectivity index (χ4n) is 2.16. The second-order valence-corrected chi connectivity index (χ2v) is 5.26. The molecule has 0 bridgehead atoms. The van der Waals surface area contributed by atoms with Gasteiger partial charge >= 0.3 is 0 Å². The summed E-state index contributed by atoms with van der Waals surface area (Å²) in [6, 6.07) is 12.2. The Kier molecular flexibility index (Phi) is 3.21. The Balaban J connectivity index is 2.03. The highest BCUT2D eigenvalue weighted by Crippen LogP contribution is 2.23. The van der Waals surface area contributed by atoms with Gasteiger partial charge in [-0.15, -0.1) is 0 Å². The SMILES string of the molecule is Fc1ccc(Cl)cc1Cn1ccc2cc(Cl)ccc21. The van der Waals surface area contributed by atoms with E-state index in [9.17, 15) is 4.39 Å². The molecule has 0 saturated heterocycles. The molecule has 4 heteroatoms. The summed E-state index contributed by atoms with van der Waals surface area (Å²) in [4.78, 5) is 0. The summed E-state index contributed by atoms with van der Waals surface area (Å²) < 4.78 is 15.7. The van der Waals surface area contributed by atoms with Gasteiger partial charge in [-0.2, -0.15) is 0 Å². The number of hydrogen-bond donors (Lipinski definition) is 0. The second-order valence-electron chi connectivity index (χ2n) is 4.38. The van der Waals surface area contributed by atoms with Crippen LogP contribution in [-0.4, -0.2) is 4.57 Å². The van der Waals surface area contributed by atoms with E-state index in [1.807, 2.05) is 35.0 Å². The van der Waals surface area contributed by atoms with Crippen LogP contribution < -0.4 is 0 Å². The van der Waals surface area contributed by atoms with Crippen molar-refractivity contribution in [1.29, 1.82) is 0 Å². The molecule has 1 heterocycles. The van der Waals surface area contributed by atoms with Gasteiger partial charge in [0.05, 0.1) is 6.54 Å². The normalized spacial score (nSPS) is 11.1. The van der Waals surface area contributed by atoms with Gasteiger partial charge in [0.1, 0.15) is 5.82 Å². The molecule has 0 spiro atoms. The Bertz CT molecular complexity index is 749. The summed E-state index contributed by atoms with van der Waals surface area (Å²) in [5.74, 6) is -0.250. The highest BCUT2D eigenvalue weighted by molar-refractivity contribution is 6.31. The average molecular weight is 294 g/mol. The number of benzene rings is 2. The zero-order valence-corrected chi connectivity index (χ0v) is 11.4. The Morgan fingerprint density at radius 1 is 0.947 bits per heavy atom. The molecular formula is C15H10Cl2FN. The van der Waals surface area contributed by atoms with Gasteiger partial charge in [-0.1, -0.05) is 23.2 Å². The maximum Gasteiger partial charge on any atom is 0.128 e. The fourth-order valence-corrected chi connectivity index (χ4v) is 2.53. The van der Waals surface area contributed by atoms with E-state index in [0.29, 0.717) is 22.2 Å². The monoisotopic (exact) mass is 293 g/mol. The van der Waals surface area contributed by atoms with Crippen LogP contribution in [0.4, 0.5) is 4.39 Å². The van der Waals surface area contributed by atoms with E-state index < -0.39 is 0 Å². The first kappa shape index (κ1) is 12.5. The molecule has 0 N–H and O–H groups in total. The average Bonchev–Trinajstić information content (AvgIpc) is 2.76. The molecular weight excluding hydrogens is 284 g/mol. The summed E-state index contributed by atoms with van der Waals surface area (Å²) in [6.45, 7) is 0.442. The van der Waals surface area contributed by atoms with E-state index >= 15 is 0 Å². The molecule has 1 aromatic heterocycles. The largest absolute Gasteiger partial charge is 0.343 e. The summed E-state index contributed by atoms with van der Waals surface area (Å²) in [5, 5.41) is 2.27. The minimum Gasteiger partial charge on any atom is -0.343 e. The van der Waals surface area contributed by atoms with Crippen molar-refractivity contribution in [2.75, 3.05) is 0 Å². The fraction of sp³-hybridized carbons (Fsp3) is 0.0667. The Hall–Kier alpha value is -1.51. The van der Waals surface area contributed by atoms with Gasteiger partial charge in [0, 0.05) is 32.7 Å². The van der Waals surface area contributed by atoms with Crippen LogP contribution in [0.15, 0.2) is 48.7 Å². The minimum absolute atomic E-state index is 0.250. The topological polar surface area (TPSA) is 4.93 Å². The van der Waals surface area contributed by atoms with Crippen LogP contribution in [0, 0.1) is 5.82 Å². The molecule has 96 valence electrons. The number of aromatic nitrogens is 1. The first-order chi connectivity index (χ1) is 9.13. The van der Waals surface area contributed by atoms with E-state index in [4.69, 9.17) is 23.2 Å². The molecule has 0 radical (unpaired) electrons. The van der Waals surface area contributed by atoms with Gasteiger partial charge in [0.25, 0.3) is 0 Å². The third-order valence-corrected chi connectivity index (χ3v) is 3.55. The summed E-state index contributed by atoms with van der Waals surface area (Å²) >= 11 is 11.9. The van der Waals surface area contributed by atoms with Gasteiger partial charge in [0.2, 0.25) is 0 Å². The lowest BCUT2D eigenvalue weighted by Gasteiger charge is -2.07. The molecule has 0 amide bonds. The van der Waals surface area contributed by atoms with Gasteiger partial charge in [-0.05, 0) is 42.5 Å². The van der Waals surface area contributed by atoms with Crippen LogP contribution in [0.2, 0.25) is 10.0 Å². The molecule has 0 atom stereocenters. The van der Waals surface area contributed by atoms with E-state index in [2.05, 4.69) is 0 Å². The molecule has 2 aromatic carbocycles. The van der Waals surface area contributed by atoms with Crippen molar-refractivity contribution in [3.63, 3.8) is 0 Å². The summed E-state index contributed by atoms with van der Waals surface area (Å²) in [6.07, 6.45) is 1.92. The molecule has 0 fully saturated rings. The summed E-state index contributed by atoms with van der Waals surface area (Å²) in [7, 11) is 0. The van der Waals surface area contributed by atoms with Crippen molar-refractivity contribution in [2.45, 2.75) is 6.54 Å². The van der Waals surface area contributed by atoms with Crippen molar-refractivity contribution < 1.29 is 4.39 Å². The van der Waals surface area contributed by atoms with Crippen LogP contribution in [0.1, 0.15) is 5.56 Å².